The van der Waals surface area contributed by atoms with E-state index < -0.39 is 0 Å². The average Bonchev–Trinajstić information content (AvgIpc) is 2.74. The Bertz CT molecular complexity index is 1010. The van der Waals surface area contributed by atoms with Gasteiger partial charge in [0.05, 0.1) is 37.5 Å². The number of nitrogens with zero attached hydrogens (tertiary/aromatic N) is 3. The molecule has 3 rings (SSSR count). The highest BCUT2D eigenvalue weighted by atomic mass is 16.5. The molecule has 0 bridgehead atoms. The summed E-state index contributed by atoms with van der Waals surface area (Å²) in [6, 6.07) is 9.16. The second-order valence-corrected chi connectivity index (χ2v) is 5.69. The molecule has 2 aromatic heterocycles. The summed E-state index contributed by atoms with van der Waals surface area (Å²) in [5.74, 6) is 2.37. The summed E-state index contributed by atoms with van der Waals surface area (Å²) in [7, 11) is 3.20. The summed E-state index contributed by atoms with van der Waals surface area (Å²) < 4.78 is 10.6. The number of rotatable bonds is 8. The molecule has 3 aromatic rings. The fourth-order valence-corrected chi connectivity index (χ4v) is 2.55. The quantitative estimate of drug-likeness (QED) is 0.560. The molecule has 0 amide bonds. The molecular weight excluding hydrogens is 354 g/mol. The van der Waals surface area contributed by atoms with Crippen molar-refractivity contribution in [3.63, 3.8) is 0 Å². The number of pyridine rings is 1. The number of benzene rings is 1. The van der Waals surface area contributed by atoms with Gasteiger partial charge in [-0.25, -0.2) is 4.98 Å². The van der Waals surface area contributed by atoms with Crippen LogP contribution >= 0.6 is 0 Å². The maximum atomic E-state index is 5.39. The molecule has 1 aromatic carbocycles. The Morgan fingerprint density at radius 3 is 2.57 bits per heavy atom. The Labute approximate surface area is 166 Å². The lowest BCUT2D eigenvalue weighted by Gasteiger charge is -2.12. The first kappa shape index (κ1) is 18.9. The molecule has 0 spiro atoms. The van der Waals surface area contributed by atoms with Crippen LogP contribution in [-0.2, 0) is 0 Å². The predicted molar refractivity (Wildman–Crippen MR) is 117 cm³/mol. The van der Waals surface area contributed by atoms with Crippen LogP contribution in [0.15, 0.2) is 55.9 Å². The van der Waals surface area contributed by atoms with Crippen LogP contribution in [0.4, 0.5) is 23.1 Å². The van der Waals surface area contributed by atoms with Gasteiger partial charge in [0.2, 0.25) is 5.95 Å². The Kier molecular flexibility index (Phi) is 5.86. The first-order valence-corrected chi connectivity index (χ1v) is 8.51. The van der Waals surface area contributed by atoms with E-state index in [9.17, 15) is 0 Å². The minimum atomic E-state index is 0. The second kappa shape index (κ2) is 8.68. The molecular formula is C21H25N5O2. The fourth-order valence-electron chi connectivity index (χ4n) is 2.55. The van der Waals surface area contributed by atoms with Crippen LogP contribution in [0.25, 0.3) is 12.2 Å². The van der Waals surface area contributed by atoms with Crippen molar-refractivity contribution in [1.29, 1.82) is 0 Å². The van der Waals surface area contributed by atoms with Gasteiger partial charge in [-0.2, -0.15) is 4.98 Å². The van der Waals surface area contributed by atoms with Crippen LogP contribution in [0, 0.1) is 0 Å². The number of ether oxygens (including phenoxy) is 2. The van der Waals surface area contributed by atoms with Crippen molar-refractivity contribution in [2.75, 3.05) is 24.9 Å². The largest absolute Gasteiger partial charge is 0.497 e. The summed E-state index contributed by atoms with van der Waals surface area (Å²) in [4.78, 5) is 13.1. The van der Waals surface area contributed by atoms with Gasteiger partial charge in [0.15, 0.2) is 0 Å². The normalized spacial score (nSPS) is 10.1. The first-order valence-electron chi connectivity index (χ1n) is 8.51. The van der Waals surface area contributed by atoms with Crippen LogP contribution in [-0.4, -0.2) is 29.2 Å². The van der Waals surface area contributed by atoms with Crippen LogP contribution in [0.1, 0.15) is 14.1 Å². The van der Waals surface area contributed by atoms with Crippen molar-refractivity contribution in [2.24, 2.45) is 0 Å². The Morgan fingerprint density at radius 2 is 1.86 bits per heavy atom. The van der Waals surface area contributed by atoms with E-state index in [2.05, 4.69) is 38.7 Å². The van der Waals surface area contributed by atoms with Gasteiger partial charge < -0.3 is 20.1 Å². The first-order chi connectivity index (χ1) is 13.7. The Morgan fingerprint density at radius 1 is 1.00 bits per heavy atom. The number of hydrogen-bond donors (Lipinski definition) is 2. The average molecular weight is 379 g/mol. The third-order valence-corrected chi connectivity index (χ3v) is 3.95. The van der Waals surface area contributed by atoms with Crippen molar-refractivity contribution in [3.05, 3.63) is 67.1 Å². The van der Waals surface area contributed by atoms with E-state index in [1.165, 1.54) is 0 Å². The monoisotopic (exact) mass is 379 g/mol. The van der Waals surface area contributed by atoms with E-state index >= 15 is 0 Å². The highest BCUT2D eigenvalue weighted by Gasteiger charge is 2.08. The summed E-state index contributed by atoms with van der Waals surface area (Å²) in [5, 5.41) is 6.37. The molecule has 7 heteroatoms. The highest BCUT2D eigenvalue weighted by molar-refractivity contribution is 5.68. The zero-order chi connectivity index (χ0) is 19.9. The predicted octanol–water partition coefficient (Wildman–Crippen LogP) is 5.15. The molecule has 146 valence electrons. The van der Waals surface area contributed by atoms with Gasteiger partial charge in [0, 0.05) is 20.7 Å². The maximum Gasteiger partial charge on any atom is 0.229 e. The molecule has 0 aliphatic rings. The summed E-state index contributed by atoms with van der Waals surface area (Å²) in [6.45, 7) is 7.56. The van der Waals surface area contributed by atoms with Crippen LogP contribution < -0.4 is 20.1 Å². The molecule has 0 atom stereocenters. The number of nitrogens with one attached hydrogen (secondary N) is 2. The SMILES string of the molecule is C=Cc1cc(Nc2ccnc(Nc3ccc(OC)cc3OC)n2)cnc1C=C.[HH].[HH]. The smallest absolute Gasteiger partial charge is 0.229 e. The van der Waals surface area contributed by atoms with Crippen molar-refractivity contribution in [1.82, 2.24) is 15.0 Å². The van der Waals surface area contributed by atoms with Gasteiger partial charge >= 0.3 is 0 Å². The summed E-state index contributed by atoms with van der Waals surface area (Å²) >= 11 is 0. The summed E-state index contributed by atoms with van der Waals surface area (Å²) in [6.07, 6.45) is 6.80. The van der Waals surface area contributed by atoms with Crippen molar-refractivity contribution < 1.29 is 12.3 Å². The molecule has 0 radical (unpaired) electrons. The molecule has 0 unspecified atom stereocenters. The number of aromatic nitrogens is 3. The molecule has 2 heterocycles. The molecule has 28 heavy (non-hydrogen) atoms. The van der Waals surface area contributed by atoms with Gasteiger partial charge in [-0.05, 0) is 30.3 Å². The molecule has 0 aliphatic carbocycles. The molecule has 2 N–H and O–H groups in total. The van der Waals surface area contributed by atoms with Gasteiger partial charge in [-0.3, -0.25) is 4.98 Å². The van der Waals surface area contributed by atoms with E-state index in [1.54, 1.807) is 50.9 Å². The Balaban J connectivity index is 0.00000225. The summed E-state index contributed by atoms with van der Waals surface area (Å²) in [5.41, 5.74) is 3.17. The Hall–Kier alpha value is -3.87. The molecule has 0 saturated carbocycles. The molecule has 7 nitrogen and oxygen atoms in total. The zero-order valence-electron chi connectivity index (χ0n) is 15.8. The lowest BCUT2D eigenvalue weighted by molar-refractivity contribution is 0.395. The molecule has 0 aliphatic heterocycles. The fraction of sp³-hybridized carbons (Fsp3) is 0.0952. The van der Waals surface area contributed by atoms with Crippen molar-refractivity contribution in [3.8, 4) is 11.5 Å². The minimum Gasteiger partial charge on any atom is -0.497 e. The van der Waals surface area contributed by atoms with Gasteiger partial charge in [-0.15, -0.1) is 0 Å². The zero-order valence-corrected chi connectivity index (χ0v) is 15.8. The van der Waals surface area contributed by atoms with Gasteiger partial charge in [0.25, 0.3) is 0 Å². The second-order valence-electron chi connectivity index (χ2n) is 5.69. The number of anilines is 4. The van der Waals surface area contributed by atoms with E-state index in [-0.39, 0.29) is 2.85 Å². The van der Waals surface area contributed by atoms with Crippen molar-refractivity contribution in [2.45, 2.75) is 0 Å². The van der Waals surface area contributed by atoms with Gasteiger partial charge in [-0.1, -0.05) is 19.2 Å². The van der Waals surface area contributed by atoms with Crippen LogP contribution in [0.2, 0.25) is 0 Å². The van der Waals surface area contributed by atoms with E-state index in [0.717, 1.165) is 22.6 Å². The van der Waals surface area contributed by atoms with Gasteiger partial charge in [0.1, 0.15) is 17.3 Å². The standard InChI is InChI=1S/C21H21N5O2.2H2/c1-5-14-11-15(13-23-17(14)6-2)24-20-9-10-22-21(26-20)25-18-8-7-16(27-3)12-19(18)28-4;;/h5-13H,1-2H2,3-4H3,(H2,22,24,25,26);2*1H. The third-order valence-electron chi connectivity index (χ3n) is 3.95. The number of hydrogen-bond acceptors (Lipinski definition) is 7. The molecule has 0 fully saturated rings. The van der Waals surface area contributed by atoms with E-state index in [1.807, 2.05) is 18.2 Å². The minimum absolute atomic E-state index is 0. The van der Waals surface area contributed by atoms with E-state index in [4.69, 9.17) is 9.47 Å². The highest BCUT2D eigenvalue weighted by Crippen LogP contribution is 2.31. The lowest BCUT2D eigenvalue weighted by atomic mass is 10.2. The maximum absolute atomic E-state index is 5.39. The van der Waals surface area contributed by atoms with Crippen LogP contribution in [0.3, 0.4) is 0 Å². The molecule has 0 saturated heterocycles. The lowest BCUT2D eigenvalue weighted by Crippen LogP contribution is -2.02. The third kappa shape index (κ3) is 4.27. The van der Waals surface area contributed by atoms with E-state index in [0.29, 0.717) is 23.3 Å². The van der Waals surface area contributed by atoms with Crippen molar-refractivity contribution >= 4 is 35.3 Å². The van der Waals surface area contributed by atoms with Crippen LogP contribution in [0.5, 0.6) is 11.5 Å². The number of methoxy groups -OCH3 is 2. The topological polar surface area (TPSA) is 81.2 Å².